The fraction of sp³-hybridized carbons (Fsp3) is 0.529. The Morgan fingerprint density at radius 1 is 1.05 bits per heavy atom. The molecular formula is C17H26OSeSi. The number of rotatable bonds is 4. The third-order valence-electron chi connectivity index (χ3n) is 4.29. The third kappa shape index (κ3) is 3.78. The molecule has 0 radical (unpaired) electrons. The zero-order valence-electron chi connectivity index (χ0n) is 13.3. The van der Waals surface area contributed by atoms with Gasteiger partial charge in [-0.05, 0) is 0 Å². The van der Waals surface area contributed by atoms with Crippen LogP contribution in [0.15, 0.2) is 40.6 Å². The minimum atomic E-state index is -1.68. The molecule has 3 heteroatoms. The van der Waals surface area contributed by atoms with Gasteiger partial charge in [-0.3, -0.25) is 0 Å². The van der Waals surface area contributed by atoms with Crippen molar-refractivity contribution in [2.75, 3.05) is 0 Å². The Kier molecular flexibility index (Phi) is 4.83. The van der Waals surface area contributed by atoms with Gasteiger partial charge in [0.1, 0.15) is 0 Å². The van der Waals surface area contributed by atoms with Crippen molar-refractivity contribution < 1.29 is 4.43 Å². The summed E-state index contributed by atoms with van der Waals surface area (Å²) < 4.78 is 9.64. The van der Waals surface area contributed by atoms with E-state index in [4.69, 9.17) is 4.43 Å². The summed E-state index contributed by atoms with van der Waals surface area (Å²) in [7, 11) is -1.68. The molecule has 0 heterocycles. The van der Waals surface area contributed by atoms with Gasteiger partial charge in [-0.25, -0.2) is 0 Å². The quantitative estimate of drug-likeness (QED) is 0.728. The number of allylic oxidation sites excluding steroid dienone is 2. The second-order valence-electron chi connectivity index (χ2n) is 6.98. The minimum absolute atomic E-state index is 0.285. The summed E-state index contributed by atoms with van der Waals surface area (Å²) in [5.74, 6) is 1.33. The van der Waals surface area contributed by atoms with Crippen molar-refractivity contribution in [2.24, 2.45) is 0 Å². The maximum atomic E-state index is 6.58. The fourth-order valence-electron chi connectivity index (χ4n) is 2.00. The molecule has 1 aliphatic rings. The van der Waals surface area contributed by atoms with E-state index in [9.17, 15) is 0 Å². The SMILES string of the molecule is CC(C)(C)[Si](C)(C)OC1=C([Se]c2ccccc2)CCC1. The molecule has 1 aromatic carbocycles. The van der Waals surface area contributed by atoms with Gasteiger partial charge in [0.15, 0.2) is 0 Å². The average molecular weight is 353 g/mol. The molecule has 0 amide bonds. The van der Waals surface area contributed by atoms with E-state index in [1.807, 2.05) is 0 Å². The summed E-state index contributed by atoms with van der Waals surface area (Å²) in [5.41, 5.74) is 0. The van der Waals surface area contributed by atoms with E-state index >= 15 is 0 Å². The van der Waals surface area contributed by atoms with Crippen molar-refractivity contribution in [1.82, 2.24) is 0 Å². The molecule has 110 valence electrons. The summed E-state index contributed by atoms with van der Waals surface area (Å²) >= 11 is 0.440. The van der Waals surface area contributed by atoms with E-state index in [1.54, 1.807) is 4.47 Å². The zero-order chi connectivity index (χ0) is 14.8. The molecule has 0 unspecified atom stereocenters. The summed E-state index contributed by atoms with van der Waals surface area (Å²) in [4.78, 5) is 0. The van der Waals surface area contributed by atoms with Gasteiger partial charge in [-0.2, -0.15) is 0 Å². The van der Waals surface area contributed by atoms with Gasteiger partial charge >= 0.3 is 131 Å². The molecule has 0 N–H and O–H groups in total. The van der Waals surface area contributed by atoms with Gasteiger partial charge in [-0.1, -0.05) is 0 Å². The Bertz CT molecular complexity index is 485. The van der Waals surface area contributed by atoms with E-state index in [-0.39, 0.29) is 5.04 Å². The molecule has 1 nitrogen and oxygen atoms in total. The van der Waals surface area contributed by atoms with Crippen molar-refractivity contribution in [2.45, 2.75) is 58.2 Å². The van der Waals surface area contributed by atoms with Crippen LogP contribution in [0.4, 0.5) is 0 Å². The van der Waals surface area contributed by atoms with Gasteiger partial charge in [0.2, 0.25) is 0 Å². The van der Waals surface area contributed by atoms with Gasteiger partial charge in [0.25, 0.3) is 0 Å². The first kappa shape index (κ1) is 15.9. The second kappa shape index (κ2) is 6.09. The predicted octanol–water partition coefficient (Wildman–Crippen LogP) is 4.43. The summed E-state index contributed by atoms with van der Waals surface area (Å²) in [6.07, 6.45) is 3.66. The van der Waals surface area contributed by atoms with Crippen molar-refractivity contribution >= 4 is 27.7 Å². The van der Waals surface area contributed by atoms with Crippen molar-refractivity contribution in [3.63, 3.8) is 0 Å². The molecule has 0 bridgehead atoms. The van der Waals surface area contributed by atoms with Crippen LogP contribution in [0.2, 0.25) is 18.1 Å². The fourth-order valence-corrected chi connectivity index (χ4v) is 5.58. The van der Waals surface area contributed by atoms with Crippen molar-refractivity contribution in [3.8, 4) is 0 Å². The number of hydrogen-bond donors (Lipinski definition) is 0. The van der Waals surface area contributed by atoms with E-state index < -0.39 is 8.32 Å². The van der Waals surface area contributed by atoms with Crippen LogP contribution in [0.1, 0.15) is 40.0 Å². The molecular weight excluding hydrogens is 327 g/mol. The van der Waals surface area contributed by atoms with Crippen LogP contribution in [0.3, 0.4) is 0 Å². The monoisotopic (exact) mass is 354 g/mol. The van der Waals surface area contributed by atoms with Gasteiger partial charge in [0.05, 0.1) is 0 Å². The Labute approximate surface area is 131 Å². The van der Waals surface area contributed by atoms with E-state index in [2.05, 4.69) is 64.2 Å². The first-order chi connectivity index (χ1) is 9.29. The first-order valence-corrected chi connectivity index (χ1v) is 12.1. The van der Waals surface area contributed by atoms with Crippen molar-refractivity contribution in [1.29, 1.82) is 0 Å². The second-order valence-corrected chi connectivity index (χ2v) is 14.2. The van der Waals surface area contributed by atoms with Gasteiger partial charge < -0.3 is 0 Å². The Balaban J connectivity index is 2.15. The summed E-state index contributed by atoms with van der Waals surface area (Å²) in [6, 6.07) is 10.9. The normalized spacial score (nSPS) is 16.6. The molecule has 0 saturated carbocycles. The Morgan fingerprint density at radius 3 is 2.30 bits per heavy atom. The molecule has 0 spiro atoms. The van der Waals surface area contributed by atoms with Crippen molar-refractivity contribution in [3.05, 3.63) is 40.6 Å². The summed E-state index contributed by atoms with van der Waals surface area (Å²) in [5, 5.41) is 0.285. The average Bonchev–Trinajstić information content (AvgIpc) is 2.76. The van der Waals surface area contributed by atoms with Crippen LogP contribution in [0, 0.1) is 0 Å². The van der Waals surface area contributed by atoms with Crippen LogP contribution < -0.4 is 4.46 Å². The standard InChI is InChI=1S/C17H26OSeSi/c1-17(2,3)20(4,5)18-15-12-9-13-16(15)19-14-10-7-6-8-11-14/h6-8,10-11H,9,12-13H2,1-5H3. The molecule has 1 aromatic rings. The van der Waals surface area contributed by atoms with Crippen LogP contribution in [0.25, 0.3) is 0 Å². The van der Waals surface area contributed by atoms with Gasteiger partial charge in [0, 0.05) is 0 Å². The van der Waals surface area contributed by atoms with Crippen LogP contribution in [-0.2, 0) is 4.43 Å². The molecule has 2 rings (SSSR count). The molecule has 0 aromatic heterocycles. The molecule has 0 saturated heterocycles. The molecule has 0 aliphatic heterocycles. The summed E-state index contributed by atoms with van der Waals surface area (Å²) in [6.45, 7) is 11.7. The maximum absolute atomic E-state index is 6.58. The van der Waals surface area contributed by atoms with Crippen LogP contribution >= 0.6 is 0 Å². The Hall–Kier alpha value is -0.504. The number of hydrogen-bond acceptors (Lipinski definition) is 1. The first-order valence-electron chi connectivity index (χ1n) is 7.43. The van der Waals surface area contributed by atoms with Crippen LogP contribution in [0.5, 0.6) is 0 Å². The van der Waals surface area contributed by atoms with E-state index in [0.717, 1.165) is 6.42 Å². The van der Waals surface area contributed by atoms with Gasteiger partial charge in [-0.15, -0.1) is 0 Å². The third-order valence-corrected chi connectivity index (χ3v) is 11.1. The predicted molar refractivity (Wildman–Crippen MR) is 91.0 cm³/mol. The Morgan fingerprint density at radius 2 is 1.70 bits per heavy atom. The van der Waals surface area contributed by atoms with E-state index in [0.29, 0.717) is 15.0 Å². The molecule has 1 aliphatic carbocycles. The molecule has 0 fully saturated rings. The topological polar surface area (TPSA) is 9.23 Å². The van der Waals surface area contributed by atoms with E-state index in [1.165, 1.54) is 23.1 Å². The number of benzene rings is 1. The molecule has 20 heavy (non-hydrogen) atoms. The zero-order valence-corrected chi connectivity index (χ0v) is 16.0. The molecule has 0 atom stereocenters. The van der Waals surface area contributed by atoms with Crippen LogP contribution in [-0.4, -0.2) is 23.3 Å².